The molecule has 132 valence electrons. The normalized spacial score (nSPS) is 18.0. The molecule has 0 spiro atoms. The summed E-state index contributed by atoms with van der Waals surface area (Å²) in [5.74, 6) is -0.410. The number of rotatable bonds is 5. The van der Waals surface area contributed by atoms with Crippen LogP contribution in [-0.4, -0.2) is 61.7 Å². The fraction of sp³-hybridized carbons (Fsp3) is 0.909. The standard InChI is InChI=1S/C10H18O6S.CH3ClO2S/c1-3-15-9(11)10(4-6-14-7-5-10)8-16-17(2,12)13;1-5(2,3)4/h3-8H2,1-2H3;1H3. The van der Waals surface area contributed by atoms with E-state index in [4.69, 9.17) is 13.7 Å². The van der Waals surface area contributed by atoms with Gasteiger partial charge in [0.1, 0.15) is 0 Å². The Balaban J connectivity index is 0.000000763. The van der Waals surface area contributed by atoms with Crippen molar-refractivity contribution in [3.63, 3.8) is 0 Å². The first-order valence-electron chi connectivity index (χ1n) is 6.38. The third-order valence-corrected chi connectivity index (χ3v) is 3.25. The largest absolute Gasteiger partial charge is 0.465 e. The Morgan fingerprint density at radius 3 is 2.00 bits per heavy atom. The number of hydrogen-bond acceptors (Lipinski definition) is 8. The van der Waals surface area contributed by atoms with E-state index in [2.05, 4.69) is 10.7 Å². The van der Waals surface area contributed by atoms with E-state index in [1.165, 1.54) is 0 Å². The van der Waals surface area contributed by atoms with Gasteiger partial charge in [0.05, 0.1) is 31.1 Å². The van der Waals surface area contributed by atoms with Crippen LogP contribution in [0.4, 0.5) is 0 Å². The lowest BCUT2D eigenvalue weighted by molar-refractivity contribution is -0.163. The quantitative estimate of drug-likeness (QED) is 0.385. The number of hydrogen-bond donors (Lipinski definition) is 0. The molecule has 22 heavy (non-hydrogen) atoms. The second-order valence-electron chi connectivity index (χ2n) is 4.76. The molecule has 0 aromatic rings. The molecule has 0 amide bonds. The topological polar surface area (TPSA) is 113 Å². The summed E-state index contributed by atoms with van der Waals surface area (Å²) in [7, 11) is -2.25. The molecule has 0 bridgehead atoms. The van der Waals surface area contributed by atoms with Crippen molar-refractivity contribution in [2.45, 2.75) is 19.8 Å². The van der Waals surface area contributed by atoms with Gasteiger partial charge in [-0.15, -0.1) is 0 Å². The average molecular weight is 381 g/mol. The summed E-state index contributed by atoms with van der Waals surface area (Å²) in [4.78, 5) is 11.9. The molecule has 1 rings (SSSR count). The lowest BCUT2D eigenvalue weighted by Crippen LogP contribution is -2.42. The predicted octanol–water partition coefficient (Wildman–Crippen LogP) is 0.507. The molecular formula is C11H21ClO8S2. The van der Waals surface area contributed by atoms with Crippen molar-refractivity contribution in [3.05, 3.63) is 0 Å². The number of esters is 1. The van der Waals surface area contributed by atoms with Crippen molar-refractivity contribution >= 4 is 35.8 Å². The second kappa shape index (κ2) is 9.02. The smallest absolute Gasteiger partial charge is 0.314 e. The minimum atomic E-state index is -3.56. The van der Waals surface area contributed by atoms with E-state index in [1.54, 1.807) is 6.92 Å². The van der Waals surface area contributed by atoms with Crippen molar-refractivity contribution in [3.8, 4) is 0 Å². The molecule has 0 saturated carbocycles. The van der Waals surface area contributed by atoms with E-state index in [0.29, 0.717) is 26.1 Å². The molecule has 1 fully saturated rings. The summed E-state index contributed by atoms with van der Waals surface area (Å²) in [5.41, 5.74) is -0.892. The van der Waals surface area contributed by atoms with Crippen LogP contribution in [0.25, 0.3) is 0 Å². The fourth-order valence-electron chi connectivity index (χ4n) is 1.67. The molecule has 1 aliphatic rings. The van der Waals surface area contributed by atoms with Gasteiger partial charge in [-0.2, -0.15) is 8.42 Å². The van der Waals surface area contributed by atoms with Gasteiger partial charge in [-0.05, 0) is 19.8 Å². The van der Waals surface area contributed by atoms with Crippen molar-refractivity contribution in [1.29, 1.82) is 0 Å². The van der Waals surface area contributed by atoms with Crippen molar-refractivity contribution in [1.82, 2.24) is 0 Å². The SMILES string of the molecule is CCOC(=O)C1(COS(C)(=O)=O)CCOCC1.CS(=O)(=O)Cl. The number of carbonyl (C=O) groups is 1. The highest BCUT2D eigenvalue weighted by atomic mass is 35.7. The van der Waals surface area contributed by atoms with Gasteiger partial charge < -0.3 is 9.47 Å². The molecule has 0 aliphatic carbocycles. The molecular weight excluding hydrogens is 360 g/mol. The predicted molar refractivity (Wildman–Crippen MR) is 80.6 cm³/mol. The molecule has 0 N–H and O–H groups in total. The summed E-state index contributed by atoms with van der Waals surface area (Å²) in [6.07, 6.45) is 2.72. The van der Waals surface area contributed by atoms with Gasteiger partial charge in [0, 0.05) is 23.9 Å². The molecule has 1 saturated heterocycles. The molecule has 1 aliphatic heterocycles. The summed E-state index contributed by atoms with van der Waals surface area (Å²) >= 11 is 0. The van der Waals surface area contributed by atoms with Crippen molar-refractivity contribution in [2.24, 2.45) is 5.41 Å². The van der Waals surface area contributed by atoms with Crippen LogP contribution in [0, 0.1) is 5.41 Å². The van der Waals surface area contributed by atoms with Gasteiger partial charge >= 0.3 is 5.97 Å². The number of ether oxygens (including phenoxy) is 2. The van der Waals surface area contributed by atoms with E-state index < -0.39 is 30.6 Å². The Morgan fingerprint density at radius 1 is 1.18 bits per heavy atom. The first-order chi connectivity index (χ1) is 9.90. The van der Waals surface area contributed by atoms with Gasteiger partial charge in [-0.25, -0.2) is 8.42 Å². The molecule has 0 aromatic heterocycles. The molecule has 0 radical (unpaired) electrons. The molecule has 11 heteroatoms. The van der Waals surface area contributed by atoms with Crippen LogP contribution in [0.2, 0.25) is 0 Å². The first kappa shape index (κ1) is 21.6. The lowest BCUT2D eigenvalue weighted by atomic mass is 9.81. The highest BCUT2D eigenvalue weighted by Gasteiger charge is 2.42. The van der Waals surface area contributed by atoms with Gasteiger partial charge in [0.25, 0.3) is 10.1 Å². The van der Waals surface area contributed by atoms with E-state index >= 15 is 0 Å². The van der Waals surface area contributed by atoms with Crippen molar-refractivity contribution < 1.29 is 35.3 Å². The zero-order valence-corrected chi connectivity index (χ0v) is 15.1. The van der Waals surface area contributed by atoms with Crippen molar-refractivity contribution in [2.75, 3.05) is 38.9 Å². The van der Waals surface area contributed by atoms with Gasteiger partial charge in [-0.3, -0.25) is 8.98 Å². The lowest BCUT2D eigenvalue weighted by Gasteiger charge is -2.33. The van der Waals surface area contributed by atoms with Crippen LogP contribution < -0.4 is 0 Å². The summed E-state index contributed by atoms with van der Waals surface area (Å²) < 4.78 is 55.7. The summed E-state index contributed by atoms with van der Waals surface area (Å²) in [5, 5.41) is 0. The second-order valence-corrected chi connectivity index (χ2v) is 9.45. The van der Waals surface area contributed by atoms with Gasteiger partial charge in [0.15, 0.2) is 0 Å². The van der Waals surface area contributed by atoms with E-state index in [-0.39, 0.29) is 13.2 Å². The highest BCUT2D eigenvalue weighted by molar-refractivity contribution is 8.13. The third kappa shape index (κ3) is 10.3. The maximum Gasteiger partial charge on any atom is 0.314 e. The zero-order valence-electron chi connectivity index (χ0n) is 12.7. The maximum atomic E-state index is 11.9. The van der Waals surface area contributed by atoms with Gasteiger partial charge in [0.2, 0.25) is 9.05 Å². The monoisotopic (exact) mass is 380 g/mol. The Labute approximate surface area is 135 Å². The van der Waals surface area contributed by atoms with E-state index in [0.717, 1.165) is 12.5 Å². The Hall–Kier alpha value is -0.420. The minimum absolute atomic E-state index is 0.173. The van der Waals surface area contributed by atoms with Gasteiger partial charge in [-0.1, -0.05) is 0 Å². The molecule has 0 unspecified atom stereocenters. The van der Waals surface area contributed by atoms with Crippen LogP contribution in [-0.2, 0) is 37.6 Å². The molecule has 1 heterocycles. The Kier molecular flexibility index (Phi) is 8.85. The fourth-order valence-corrected chi connectivity index (χ4v) is 2.11. The van der Waals surface area contributed by atoms with Crippen LogP contribution >= 0.6 is 10.7 Å². The van der Waals surface area contributed by atoms with Crippen LogP contribution in [0.3, 0.4) is 0 Å². The van der Waals surface area contributed by atoms with Crippen LogP contribution in [0.1, 0.15) is 19.8 Å². The zero-order chi connectivity index (χ0) is 17.4. The molecule has 0 atom stereocenters. The maximum absolute atomic E-state index is 11.9. The van der Waals surface area contributed by atoms with E-state index in [9.17, 15) is 21.6 Å². The molecule has 0 aromatic carbocycles. The Bertz CT molecular complexity index is 541. The first-order valence-corrected chi connectivity index (χ1v) is 10.9. The third-order valence-electron chi connectivity index (χ3n) is 2.71. The number of carbonyl (C=O) groups excluding carboxylic acids is 1. The average Bonchev–Trinajstić information content (AvgIpc) is 2.35. The highest BCUT2D eigenvalue weighted by Crippen LogP contribution is 2.32. The summed E-state index contributed by atoms with van der Waals surface area (Å²) in [6, 6.07) is 0. The molecule has 8 nitrogen and oxygen atoms in total. The van der Waals surface area contributed by atoms with Crippen LogP contribution in [0.5, 0.6) is 0 Å². The van der Waals surface area contributed by atoms with E-state index in [1.807, 2.05) is 0 Å². The van der Waals surface area contributed by atoms with Crippen LogP contribution in [0.15, 0.2) is 0 Å². The summed E-state index contributed by atoms with van der Waals surface area (Å²) in [6.45, 7) is 2.62. The Morgan fingerprint density at radius 2 is 1.64 bits per heavy atom. The number of halogens is 1. The minimum Gasteiger partial charge on any atom is -0.465 e.